The molecule has 0 atom stereocenters. The van der Waals surface area contributed by atoms with E-state index in [1.807, 2.05) is 30.1 Å². The van der Waals surface area contributed by atoms with Gasteiger partial charge in [0.05, 0.1) is 0 Å². The van der Waals surface area contributed by atoms with Crippen molar-refractivity contribution in [2.75, 3.05) is 18.8 Å². The van der Waals surface area contributed by atoms with E-state index in [2.05, 4.69) is 23.4 Å². The Balaban J connectivity index is 1.86. The molecule has 0 fully saturated rings. The molecular formula is C12H16N2S. The van der Waals surface area contributed by atoms with Crippen molar-refractivity contribution in [2.24, 2.45) is 0 Å². The Hall–Kier alpha value is -0.930. The van der Waals surface area contributed by atoms with Crippen LogP contribution >= 0.6 is 11.9 Å². The van der Waals surface area contributed by atoms with E-state index in [1.165, 1.54) is 11.1 Å². The summed E-state index contributed by atoms with van der Waals surface area (Å²) < 4.78 is 2.36. The normalized spacial score (nSPS) is 16.7. The van der Waals surface area contributed by atoms with Crippen LogP contribution in [0.4, 0.5) is 5.69 Å². The molecule has 15 heavy (non-hydrogen) atoms. The standard InChI is InChI=1S/C12H16N2S/c1-10-6-7-14(8-10)15-9-11-4-2-3-5-12(11)13/h2-6H,7-9,13H2,1H3. The average molecular weight is 220 g/mol. The smallest absolute Gasteiger partial charge is 0.0355 e. The SMILES string of the molecule is CC1=CCN(SCc2ccccc2N)C1. The van der Waals surface area contributed by atoms with Crippen LogP contribution in [0.3, 0.4) is 0 Å². The van der Waals surface area contributed by atoms with Crippen LogP contribution in [0.1, 0.15) is 12.5 Å². The molecule has 1 aliphatic rings. The lowest BCUT2D eigenvalue weighted by molar-refractivity contribution is 0.601. The number of hydrogen-bond acceptors (Lipinski definition) is 3. The van der Waals surface area contributed by atoms with Crippen molar-refractivity contribution in [1.82, 2.24) is 4.31 Å². The van der Waals surface area contributed by atoms with Crippen molar-refractivity contribution in [3.05, 3.63) is 41.5 Å². The van der Waals surface area contributed by atoms with Gasteiger partial charge in [-0.1, -0.05) is 41.8 Å². The van der Waals surface area contributed by atoms with Crippen LogP contribution in [0, 0.1) is 0 Å². The van der Waals surface area contributed by atoms with Gasteiger partial charge < -0.3 is 5.73 Å². The van der Waals surface area contributed by atoms with Crippen LogP contribution in [0.25, 0.3) is 0 Å². The van der Waals surface area contributed by atoms with Crippen molar-refractivity contribution in [3.8, 4) is 0 Å². The van der Waals surface area contributed by atoms with Gasteiger partial charge in [0, 0.05) is 24.5 Å². The van der Waals surface area contributed by atoms with Crippen molar-refractivity contribution in [3.63, 3.8) is 0 Å². The number of rotatable bonds is 3. The molecule has 80 valence electrons. The molecule has 0 saturated heterocycles. The molecule has 0 saturated carbocycles. The maximum atomic E-state index is 5.89. The minimum absolute atomic E-state index is 0.897. The summed E-state index contributed by atoms with van der Waals surface area (Å²) in [5.74, 6) is 0.966. The average Bonchev–Trinajstić information content (AvgIpc) is 2.63. The van der Waals surface area contributed by atoms with E-state index in [0.29, 0.717) is 0 Å². The second-order valence-electron chi connectivity index (χ2n) is 3.85. The van der Waals surface area contributed by atoms with E-state index in [4.69, 9.17) is 5.73 Å². The van der Waals surface area contributed by atoms with E-state index in [0.717, 1.165) is 24.5 Å². The Labute approximate surface area is 95.3 Å². The largest absolute Gasteiger partial charge is 0.398 e. The summed E-state index contributed by atoms with van der Waals surface area (Å²) in [5, 5.41) is 0. The van der Waals surface area contributed by atoms with Gasteiger partial charge in [0.1, 0.15) is 0 Å². The zero-order valence-electron chi connectivity index (χ0n) is 8.94. The lowest BCUT2D eigenvalue weighted by Gasteiger charge is -2.14. The molecule has 0 aromatic heterocycles. The maximum Gasteiger partial charge on any atom is 0.0355 e. The minimum Gasteiger partial charge on any atom is -0.398 e. The topological polar surface area (TPSA) is 29.3 Å². The zero-order chi connectivity index (χ0) is 10.7. The van der Waals surface area contributed by atoms with E-state index in [9.17, 15) is 0 Å². The number of para-hydroxylation sites is 1. The van der Waals surface area contributed by atoms with Gasteiger partial charge in [-0.25, -0.2) is 4.31 Å². The summed E-state index contributed by atoms with van der Waals surface area (Å²) in [6.45, 7) is 4.32. The Bertz CT molecular complexity index is 374. The highest BCUT2D eigenvalue weighted by Gasteiger charge is 2.11. The highest BCUT2D eigenvalue weighted by atomic mass is 32.2. The van der Waals surface area contributed by atoms with Crippen LogP contribution < -0.4 is 5.73 Å². The van der Waals surface area contributed by atoms with Crippen LogP contribution in [0.2, 0.25) is 0 Å². The van der Waals surface area contributed by atoms with Gasteiger partial charge in [-0.05, 0) is 18.6 Å². The third kappa shape index (κ3) is 2.76. The van der Waals surface area contributed by atoms with Crippen molar-refractivity contribution < 1.29 is 0 Å². The Morgan fingerprint density at radius 1 is 1.40 bits per heavy atom. The number of nitrogens with two attached hydrogens (primary N) is 1. The maximum absolute atomic E-state index is 5.89. The molecule has 0 aliphatic carbocycles. The van der Waals surface area contributed by atoms with Gasteiger partial charge in [0.25, 0.3) is 0 Å². The highest BCUT2D eigenvalue weighted by Crippen LogP contribution is 2.24. The number of benzene rings is 1. The fraction of sp³-hybridized carbons (Fsp3) is 0.333. The van der Waals surface area contributed by atoms with Crippen LogP contribution in [-0.2, 0) is 5.75 Å². The van der Waals surface area contributed by atoms with Crippen LogP contribution in [0.15, 0.2) is 35.9 Å². The lowest BCUT2D eigenvalue weighted by Crippen LogP contribution is -2.11. The fourth-order valence-corrected chi connectivity index (χ4v) is 2.65. The molecule has 2 N–H and O–H groups in total. The first-order chi connectivity index (χ1) is 7.25. The fourth-order valence-electron chi connectivity index (χ4n) is 1.59. The zero-order valence-corrected chi connectivity index (χ0v) is 9.76. The number of nitrogen functional groups attached to an aromatic ring is 1. The molecule has 1 aliphatic heterocycles. The highest BCUT2D eigenvalue weighted by molar-refractivity contribution is 7.96. The van der Waals surface area contributed by atoms with Gasteiger partial charge in [0.2, 0.25) is 0 Å². The first-order valence-electron chi connectivity index (χ1n) is 5.12. The molecule has 2 rings (SSSR count). The molecule has 0 amide bonds. The molecule has 0 radical (unpaired) electrons. The number of hydrogen-bond donors (Lipinski definition) is 1. The number of nitrogens with zero attached hydrogens (tertiary/aromatic N) is 1. The molecule has 2 nitrogen and oxygen atoms in total. The van der Waals surface area contributed by atoms with Gasteiger partial charge in [-0.15, -0.1) is 0 Å². The Morgan fingerprint density at radius 3 is 2.87 bits per heavy atom. The summed E-state index contributed by atoms with van der Waals surface area (Å²) in [4.78, 5) is 0. The second kappa shape index (κ2) is 4.73. The first kappa shape index (κ1) is 10.6. The van der Waals surface area contributed by atoms with Gasteiger partial charge in [0.15, 0.2) is 0 Å². The van der Waals surface area contributed by atoms with E-state index in [-0.39, 0.29) is 0 Å². The third-order valence-corrected chi connectivity index (χ3v) is 3.61. The van der Waals surface area contributed by atoms with E-state index >= 15 is 0 Å². The lowest BCUT2D eigenvalue weighted by atomic mass is 10.2. The van der Waals surface area contributed by atoms with Gasteiger partial charge >= 0.3 is 0 Å². The second-order valence-corrected chi connectivity index (χ2v) is 4.91. The summed E-state index contributed by atoms with van der Waals surface area (Å²) in [5.41, 5.74) is 9.48. The molecular weight excluding hydrogens is 204 g/mol. The minimum atomic E-state index is 0.897. The summed E-state index contributed by atoms with van der Waals surface area (Å²) in [6.07, 6.45) is 2.28. The van der Waals surface area contributed by atoms with Gasteiger partial charge in [-0.2, -0.15) is 0 Å². The Kier molecular flexibility index (Phi) is 3.34. The third-order valence-electron chi connectivity index (χ3n) is 2.53. The molecule has 1 aromatic rings. The molecule has 0 bridgehead atoms. The number of anilines is 1. The van der Waals surface area contributed by atoms with Crippen LogP contribution in [0.5, 0.6) is 0 Å². The summed E-state index contributed by atoms with van der Waals surface area (Å²) >= 11 is 1.86. The predicted octanol–water partition coefficient (Wildman–Crippen LogP) is 2.68. The molecule has 0 spiro atoms. The summed E-state index contributed by atoms with van der Waals surface area (Å²) in [7, 11) is 0. The Morgan fingerprint density at radius 2 is 2.20 bits per heavy atom. The van der Waals surface area contributed by atoms with Gasteiger partial charge in [-0.3, -0.25) is 0 Å². The summed E-state index contributed by atoms with van der Waals surface area (Å²) in [6, 6.07) is 8.08. The predicted molar refractivity (Wildman–Crippen MR) is 67.5 cm³/mol. The quantitative estimate of drug-likeness (QED) is 0.482. The van der Waals surface area contributed by atoms with Crippen molar-refractivity contribution in [1.29, 1.82) is 0 Å². The van der Waals surface area contributed by atoms with E-state index < -0.39 is 0 Å². The van der Waals surface area contributed by atoms with Crippen molar-refractivity contribution >= 4 is 17.6 Å². The first-order valence-corrected chi connectivity index (χ1v) is 6.07. The molecule has 1 aromatic carbocycles. The van der Waals surface area contributed by atoms with Crippen LogP contribution in [-0.4, -0.2) is 17.4 Å². The monoisotopic (exact) mass is 220 g/mol. The molecule has 0 unspecified atom stereocenters. The molecule has 1 heterocycles. The van der Waals surface area contributed by atoms with E-state index in [1.54, 1.807) is 0 Å². The molecule has 3 heteroatoms. The van der Waals surface area contributed by atoms with Crippen molar-refractivity contribution in [2.45, 2.75) is 12.7 Å².